The highest BCUT2D eigenvalue weighted by atomic mass is 32.2. The monoisotopic (exact) mass is 446 g/mol. The van der Waals surface area contributed by atoms with Gasteiger partial charge < -0.3 is 9.80 Å². The van der Waals surface area contributed by atoms with Gasteiger partial charge in [-0.2, -0.15) is 8.42 Å². The summed E-state index contributed by atoms with van der Waals surface area (Å²) in [4.78, 5) is 7.72. The number of fused-ring (bicyclic) bond motifs is 2. The molecule has 0 unspecified atom stereocenters. The van der Waals surface area contributed by atoms with Crippen LogP contribution in [0.5, 0.6) is 0 Å². The van der Waals surface area contributed by atoms with E-state index in [0.29, 0.717) is 12.2 Å². The summed E-state index contributed by atoms with van der Waals surface area (Å²) in [7, 11) is -1.45. The van der Waals surface area contributed by atoms with E-state index in [1.54, 1.807) is 0 Å². The zero-order valence-electron chi connectivity index (χ0n) is 18.0. The summed E-state index contributed by atoms with van der Waals surface area (Å²) in [5, 5.41) is 0. The summed E-state index contributed by atoms with van der Waals surface area (Å²) in [6.07, 6.45) is 3.12. The molecule has 2 aliphatic rings. The van der Waals surface area contributed by atoms with Crippen LogP contribution in [-0.2, 0) is 10.1 Å². The van der Waals surface area contributed by atoms with Gasteiger partial charge in [0.25, 0.3) is 10.1 Å². The first-order valence-electron chi connectivity index (χ1n) is 10.1. The molecule has 162 valence electrons. The lowest BCUT2D eigenvalue weighted by Gasteiger charge is -2.36. The van der Waals surface area contributed by atoms with Crippen LogP contribution in [-0.4, -0.2) is 62.3 Å². The van der Waals surface area contributed by atoms with Gasteiger partial charge in [0.15, 0.2) is 0 Å². The predicted molar refractivity (Wildman–Crippen MR) is 126 cm³/mol. The lowest BCUT2D eigenvalue weighted by atomic mass is 9.98. The second kappa shape index (κ2) is 9.56. The molecule has 1 fully saturated rings. The van der Waals surface area contributed by atoms with Gasteiger partial charge in [-0.25, -0.2) is 0 Å². The molecule has 0 spiro atoms. The predicted octanol–water partition coefficient (Wildman–Crippen LogP) is 4.52. The van der Waals surface area contributed by atoms with E-state index >= 15 is 0 Å². The van der Waals surface area contributed by atoms with Crippen LogP contribution in [0.3, 0.4) is 0 Å². The van der Waals surface area contributed by atoms with Crippen LogP contribution in [0.1, 0.15) is 36.5 Å². The minimum Gasteiger partial charge on any atom is -0.368 e. The van der Waals surface area contributed by atoms with E-state index < -0.39 is 10.1 Å². The summed E-state index contributed by atoms with van der Waals surface area (Å²) in [5.74, 6) is 0.551. The average Bonchev–Trinajstić information content (AvgIpc) is 2.83. The van der Waals surface area contributed by atoms with Gasteiger partial charge in [0.05, 0.1) is 6.26 Å². The quantitative estimate of drug-likeness (QED) is 0.684. The molecule has 0 aromatic heterocycles. The summed E-state index contributed by atoms with van der Waals surface area (Å²) in [6.45, 7) is 9.01. The third-order valence-electron chi connectivity index (χ3n) is 5.22. The number of nitrogens with zero attached hydrogens (tertiary/aromatic N) is 2. The Labute approximate surface area is 184 Å². The second-order valence-electron chi connectivity index (χ2n) is 8.10. The summed E-state index contributed by atoms with van der Waals surface area (Å²) >= 11 is 1.90. The highest BCUT2D eigenvalue weighted by Gasteiger charge is 2.23. The minimum atomic E-state index is -3.67. The molecular weight excluding hydrogens is 416 g/mol. The Morgan fingerprint density at radius 3 is 2.27 bits per heavy atom. The molecule has 0 bridgehead atoms. The van der Waals surface area contributed by atoms with E-state index in [1.807, 2.05) is 11.8 Å². The van der Waals surface area contributed by atoms with Gasteiger partial charge in [-0.3, -0.25) is 4.55 Å². The fourth-order valence-electron chi connectivity index (χ4n) is 3.54. The second-order valence-corrected chi connectivity index (χ2v) is 10.7. The Morgan fingerprint density at radius 2 is 1.63 bits per heavy atom. The highest BCUT2D eigenvalue weighted by Crippen LogP contribution is 2.42. The Bertz CT molecular complexity index is 1020. The van der Waals surface area contributed by atoms with Crippen molar-refractivity contribution < 1.29 is 13.0 Å². The molecule has 5 nitrogen and oxygen atoms in total. The maximum Gasteiger partial charge on any atom is 0.261 e. The van der Waals surface area contributed by atoms with Crippen LogP contribution in [0.15, 0.2) is 52.3 Å². The van der Waals surface area contributed by atoms with Crippen molar-refractivity contribution in [2.45, 2.75) is 29.6 Å². The van der Waals surface area contributed by atoms with Crippen LogP contribution in [0.25, 0.3) is 11.8 Å². The van der Waals surface area contributed by atoms with Gasteiger partial charge in [-0.1, -0.05) is 49.9 Å². The molecule has 2 aromatic carbocycles. The van der Waals surface area contributed by atoms with Crippen molar-refractivity contribution in [3.8, 4) is 0 Å². The van der Waals surface area contributed by atoms with Gasteiger partial charge in [0.2, 0.25) is 0 Å². The van der Waals surface area contributed by atoms with Crippen LogP contribution in [0.4, 0.5) is 0 Å². The van der Waals surface area contributed by atoms with Gasteiger partial charge >= 0.3 is 0 Å². The molecule has 0 saturated carbocycles. The van der Waals surface area contributed by atoms with Gasteiger partial charge in [0, 0.05) is 47.2 Å². The van der Waals surface area contributed by atoms with Crippen LogP contribution < -0.4 is 0 Å². The molecule has 30 heavy (non-hydrogen) atoms. The van der Waals surface area contributed by atoms with Crippen molar-refractivity contribution >= 4 is 33.7 Å². The standard InChI is InChI=1S/C22H26N2S.CH4O3S/c1-16(2)17-8-9-22-19(14-17)20(24-12-10-23(3)11-13-24)15-18-6-4-5-7-21(18)25-22;1-5(2,3)4/h4-9,14-16H,10-13H2,1-3H3;1H3,(H,2,3,4). The van der Waals surface area contributed by atoms with Crippen LogP contribution in [0.2, 0.25) is 0 Å². The molecule has 0 amide bonds. The van der Waals surface area contributed by atoms with Crippen LogP contribution >= 0.6 is 11.8 Å². The van der Waals surface area contributed by atoms with Crippen LogP contribution in [0, 0.1) is 0 Å². The zero-order chi connectivity index (χ0) is 21.9. The Morgan fingerprint density at radius 1 is 1.00 bits per heavy atom. The molecular formula is C23H30N2O3S2. The zero-order valence-corrected chi connectivity index (χ0v) is 19.6. The maximum atomic E-state index is 9.19. The topological polar surface area (TPSA) is 60.9 Å². The van der Waals surface area contributed by atoms with Crippen molar-refractivity contribution in [2.24, 2.45) is 0 Å². The smallest absolute Gasteiger partial charge is 0.261 e. The van der Waals surface area contributed by atoms with Gasteiger partial charge in [0.1, 0.15) is 0 Å². The fraction of sp³-hybridized carbons (Fsp3) is 0.391. The molecule has 7 heteroatoms. The molecule has 1 saturated heterocycles. The SMILES string of the molecule is CC(C)c1ccc2c(c1)C(N1CCN(C)CC1)=Cc1ccccc1S2.CS(=O)(=O)O. The molecule has 4 rings (SSSR count). The minimum absolute atomic E-state index is 0.551. The summed E-state index contributed by atoms with van der Waals surface area (Å²) in [6, 6.07) is 15.8. The number of hydrogen-bond acceptors (Lipinski definition) is 5. The third-order valence-corrected chi connectivity index (χ3v) is 6.39. The molecule has 0 atom stereocenters. The van der Waals surface area contributed by atoms with Gasteiger partial charge in [-0.15, -0.1) is 0 Å². The van der Waals surface area contributed by atoms with E-state index in [4.69, 9.17) is 4.55 Å². The fourth-order valence-corrected chi connectivity index (χ4v) is 4.58. The number of hydrogen-bond donors (Lipinski definition) is 1. The molecule has 2 heterocycles. The van der Waals surface area contributed by atoms with Crippen molar-refractivity contribution in [2.75, 3.05) is 39.5 Å². The lowest BCUT2D eigenvalue weighted by molar-refractivity contribution is 0.207. The Balaban J connectivity index is 0.000000461. The Kier molecular flexibility index (Phi) is 7.29. The average molecular weight is 447 g/mol. The van der Waals surface area contributed by atoms with Crippen molar-refractivity contribution in [1.82, 2.24) is 9.80 Å². The number of rotatable bonds is 2. The largest absolute Gasteiger partial charge is 0.368 e. The van der Waals surface area contributed by atoms with Crippen molar-refractivity contribution in [1.29, 1.82) is 0 Å². The number of benzene rings is 2. The van der Waals surface area contributed by atoms with E-state index in [-0.39, 0.29) is 0 Å². The molecule has 0 radical (unpaired) electrons. The Hall–Kier alpha value is -1.80. The first kappa shape index (κ1) is 22.9. The molecule has 2 aliphatic heterocycles. The number of piperazine rings is 1. The van der Waals surface area contributed by atoms with E-state index in [1.165, 1.54) is 32.2 Å². The molecule has 1 N–H and O–H groups in total. The normalized spacial score (nSPS) is 16.7. The summed E-state index contributed by atoms with van der Waals surface area (Å²) < 4.78 is 25.9. The summed E-state index contributed by atoms with van der Waals surface area (Å²) in [5.41, 5.74) is 5.55. The highest BCUT2D eigenvalue weighted by molar-refractivity contribution is 7.99. The van der Waals surface area contributed by atoms with Crippen molar-refractivity contribution in [3.05, 3.63) is 59.2 Å². The van der Waals surface area contributed by atoms with Gasteiger partial charge in [-0.05, 0) is 48.4 Å². The third kappa shape index (κ3) is 6.11. The molecule has 0 aliphatic carbocycles. The number of likely N-dealkylation sites (N-methyl/N-ethyl adjacent to an activating group) is 1. The van der Waals surface area contributed by atoms with Crippen molar-refractivity contribution in [3.63, 3.8) is 0 Å². The first-order valence-corrected chi connectivity index (χ1v) is 12.8. The molecule has 2 aromatic rings. The van der Waals surface area contributed by atoms with E-state index in [9.17, 15) is 8.42 Å². The van der Waals surface area contributed by atoms with E-state index in [0.717, 1.165) is 26.2 Å². The first-order chi connectivity index (χ1) is 14.1. The van der Waals surface area contributed by atoms with E-state index in [2.05, 4.69) is 79.2 Å². The lowest BCUT2D eigenvalue weighted by Crippen LogP contribution is -2.43. The maximum absolute atomic E-state index is 9.19.